The van der Waals surface area contributed by atoms with Gasteiger partial charge in [0.05, 0.1) is 0 Å². The molecule has 20 heavy (non-hydrogen) atoms. The van der Waals surface area contributed by atoms with Gasteiger partial charge in [-0.05, 0) is 33.7 Å². The number of rotatable bonds is 3. The van der Waals surface area contributed by atoms with Crippen molar-refractivity contribution in [2.24, 2.45) is 0 Å². The zero-order chi connectivity index (χ0) is 13.9. The Labute approximate surface area is 120 Å². The van der Waals surface area contributed by atoms with Crippen LogP contribution in [0, 0.1) is 0 Å². The van der Waals surface area contributed by atoms with E-state index >= 15 is 0 Å². The van der Waals surface area contributed by atoms with Crippen LogP contribution in [0.4, 0.5) is 0 Å². The van der Waals surface area contributed by atoms with Crippen molar-refractivity contribution in [2.75, 3.05) is 0 Å². The van der Waals surface area contributed by atoms with Gasteiger partial charge >= 0.3 is 6.92 Å². The third-order valence-corrected chi connectivity index (χ3v) is 3.79. The number of hydrogen-bond acceptors (Lipinski definition) is 1. The molecule has 1 nitrogen and oxygen atoms in total. The van der Waals surface area contributed by atoms with Crippen LogP contribution in [0.25, 0.3) is 10.8 Å². The molecule has 3 rings (SSSR count). The molecule has 0 aliphatic rings. The van der Waals surface area contributed by atoms with Crippen LogP contribution in [0.5, 0.6) is 0 Å². The van der Waals surface area contributed by atoms with Crippen LogP contribution in [0.2, 0.25) is 0 Å². The fourth-order valence-electron chi connectivity index (χ4n) is 2.65. The van der Waals surface area contributed by atoms with Gasteiger partial charge in [0.1, 0.15) is 0 Å². The molecular weight excluding hydrogens is 243 g/mol. The molecule has 0 unspecified atom stereocenters. The first kappa shape index (κ1) is 13.0. The standard InChI is InChI=1S/C18H17BO/c1-2-14-7-5-10-16(13-14)19(20)18-12-6-9-15-8-3-4-11-17(15)18/h3-13,20H,2H2,1H3. The Balaban J connectivity index is 2.10. The van der Waals surface area contributed by atoms with Gasteiger partial charge in [0.15, 0.2) is 0 Å². The summed E-state index contributed by atoms with van der Waals surface area (Å²) in [5, 5.41) is 13.0. The molecule has 1 N–H and O–H groups in total. The first-order chi connectivity index (χ1) is 9.79. The van der Waals surface area contributed by atoms with Crippen molar-refractivity contribution >= 4 is 28.6 Å². The summed E-state index contributed by atoms with van der Waals surface area (Å²) < 4.78 is 0. The van der Waals surface area contributed by atoms with Gasteiger partial charge in [-0.2, -0.15) is 0 Å². The minimum atomic E-state index is -0.576. The van der Waals surface area contributed by atoms with E-state index in [1.54, 1.807) is 0 Å². The Morgan fingerprint density at radius 3 is 2.50 bits per heavy atom. The van der Waals surface area contributed by atoms with E-state index in [1.165, 1.54) is 5.56 Å². The number of aryl methyl sites for hydroxylation is 1. The molecule has 0 fully saturated rings. The highest BCUT2D eigenvalue weighted by Gasteiger charge is 2.19. The molecule has 0 spiro atoms. The molecule has 3 aromatic carbocycles. The van der Waals surface area contributed by atoms with Crippen LogP contribution >= 0.6 is 0 Å². The largest absolute Gasteiger partial charge is 0.443 e. The Hall–Kier alpha value is -2.06. The molecule has 2 heteroatoms. The summed E-state index contributed by atoms with van der Waals surface area (Å²) in [5.74, 6) is 0. The van der Waals surface area contributed by atoms with E-state index in [4.69, 9.17) is 0 Å². The van der Waals surface area contributed by atoms with Crippen molar-refractivity contribution in [3.8, 4) is 0 Å². The van der Waals surface area contributed by atoms with Gasteiger partial charge in [0, 0.05) is 0 Å². The first-order valence-electron chi connectivity index (χ1n) is 7.04. The summed E-state index contributed by atoms with van der Waals surface area (Å²) in [7, 11) is 0. The van der Waals surface area contributed by atoms with Crippen LogP contribution in [0.3, 0.4) is 0 Å². The minimum absolute atomic E-state index is 0.576. The number of benzene rings is 3. The Bertz CT molecular complexity index is 731. The van der Waals surface area contributed by atoms with Crippen LogP contribution < -0.4 is 10.9 Å². The highest BCUT2D eigenvalue weighted by Crippen LogP contribution is 2.11. The fourth-order valence-corrected chi connectivity index (χ4v) is 2.65. The maximum atomic E-state index is 10.7. The lowest BCUT2D eigenvalue weighted by atomic mass is 9.54. The molecule has 98 valence electrons. The van der Waals surface area contributed by atoms with Gasteiger partial charge < -0.3 is 5.02 Å². The summed E-state index contributed by atoms with van der Waals surface area (Å²) in [6, 6.07) is 22.5. The van der Waals surface area contributed by atoms with E-state index in [0.717, 1.165) is 28.1 Å². The van der Waals surface area contributed by atoms with Crippen molar-refractivity contribution < 1.29 is 5.02 Å². The Kier molecular flexibility index (Phi) is 3.57. The third-order valence-electron chi connectivity index (χ3n) is 3.79. The van der Waals surface area contributed by atoms with E-state index in [2.05, 4.69) is 37.3 Å². The summed E-state index contributed by atoms with van der Waals surface area (Å²) in [4.78, 5) is 0. The summed E-state index contributed by atoms with van der Waals surface area (Å²) in [6.07, 6.45) is 0.982. The first-order valence-corrected chi connectivity index (χ1v) is 7.04. The zero-order valence-electron chi connectivity index (χ0n) is 11.6. The second-order valence-electron chi connectivity index (χ2n) is 5.07. The van der Waals surface area contributed by atoms with E-state index in [0.29, 0.717) is 0 Å². The van der Waals surface area contributed by atoms with Crippen LogP contribution in [0.15, 0.2) is 66.7 Å². The minimum Gasteiger partial charge on any atom is -0.443 e. The summed E-state index contributed by atoms with van der Waals surface area (Å²) in [5.41, 5.74) is 3.18. The van der Waals surface area contributed by atoms with Gasteiger partial charge in [-0.15, -0.1) is 0 Å². The Morgan fingerprint density at radius 2 is 1.65 bits per heavy atom. The monoisotopic (exact) mass is 260 g/mol. The number of hydrogen-bond donors (Lipinski definition) is 1. The highest BCUT2D eigenvalue weighted by atomic mass is 16.2. The lowest BCUT2D eigenvalue weighted by Crippen LogP contribution is -2.42. The van der Waals surface area contributed by atoms with E-state index in [1.807, 2.05) is 36.4 Å². The van der Waals surface area contributed by atoms with E-state index in [-0.39, 0.29) is 0 Å². The number of fused-ring (bicyclic) bond motifs is 1. The Morgan fingerprint density at radius 1 is 0.900 bits per heavy atom. The molecule has 0 aliphatic heterocycles. The molecule has 0 atom stereocenters. The molecule has 0 aliphatic carbocycles. The maximum Gasteiger partial charge on any atom is 0.359 e. The zero-order valence-corrected chi connectivity index (χ0v) is 11.6. The van der Waals surface area contributed by atoms with Gasteiger partial charge in [-0.25, -0.2) is 0 Å². The molecule has 0 saturated heterocycles. The topological polar surface area (TPSA) is 20.2 Å². The van der Waals surface area contributed by atoms with E-state index in [9.17, 15) is 5.02 Å². The molecule has 0 saturated carbocycles. The molecule has 0 bridgehead atoms. The molecular formula is C18H17BO. The SMILES string of the molecule is CCc1cccc(B(O)c2cccc3ccccc23)c1. The van der Waals surface area contributed by atoms with Crippen LogP contribution in [-0.4, -0.2) is 11.9 Å². The predicted molar refractivity (Wildman–Crippen MR) is 87.0 cm³/mol. The third kappa shape index (κ3) is 2.35. The maximum absolute atomic E-state index is 10.7. The summed E-state index contributed by atoms with van der Waals surface area (Å²) >= 11 is 0. The fraction of sp³-hybridized carbons (Fsp3) is 0.111. The molecule has 3 aromatic rings. The van der Waals surface area contributed by atoms with Gasteiger partial charge in [0.25, 0.3) is 0 Å². The van der Waals surface area contributed by atoms with Gasteiger partial charge in [-0.1, -0.05) is 73.7 Å². The van der Waals surface area contributed by atoms with Crippen molar-refractivity contribution in [1.82, 2.24) is 0 Å². The van der Waals surface area contributed by atoms with Crippen LogP contribution in [0.1, 0.15) is 12.5 Å². The van der Waals surface area contributed by atoms with Crippen molar-refractivity contribution in [2.45, 2.75) is 13.3 Å². The van der Waals surface area contributed by atoms with E-state index < -0.39 is 6.92 Å². The van der Waals surface area contributed by atoms with Crippen molar-refractivity contribution in [1.29, 1.82) is 0 Å². The smallest absolute Gasteiger partial charge is 0.359 e. The summed E-state index contributed by atoms with van der Waals surface area (Å²) in [6.45, 7) is 1.55. The lowest BCUT2D eigenvalue weighted by molar-refractivity contribution is 0.600. The van der Waals surface area contributed by atoms with Crippen LogP contribution in [-0.2, 0) is 6.42 Å². The average molecular weight is 260 g/mol. The second kappa shape index (κ2) is 5.52. The lowest BCUT2D eigenvalue weighted by Gasteiger charge is -2.11. The molecule has 0 amide bonds. The molecule has 0 heterocycles. The van der Waals surface area contributed by atoms with Gasteiger partial charge in [0.2, 0.25) is 0 Å². The highest BCUT2D eigenvalue weighted by molar-refractivity contribution is 6.80. The predicted octanol–water partition coefficient (Wildman–Crippen LogP) is 2.50. The average Bonchev–Trinajstić information content (AvgIpc) is 2.53. The van der Waals surface area contributed by atoms with Crippen molar-refractivity contribution in [3.63, 3.8) is 0 Å². The normalized spacial score (nSPS) is 10.7. The van der Waals surface area contributed by atoms with Crippen molar-refractivity contribution in [3.05, 3.63) is 72.3 Å². The second-order valence-corrected chi connectivity index (χ2v) is 5.07. The molecule has 0 aromatic heterocycles. The van der Waals surface area contributed by atoms with Gasteiger partial charge in [-0.3, -0.25) is 0 Å². The molecule has 0 radical (unpaired) electrons. The quantitative estimate of drug-likeness (QED) is 0.717.